The molecule has 0 saturated heterocycles. The monoisotopic (exact) mass is 528 g/mol. The number of carbonyl (C=O) groups is 2. The lowest BCUT2D eigenvalue weighted by atomic mass is 9.82. The van der Waals surface area contributed by atoms with Crippen LogP contribution in [0.4, 0.5) is 5.82 Å². The Morgan fingerprint density at radius 3 is 2.44 bits per heavy atom. The molecule has 204 valence electrons. The molecular weight excluding hydrogens is 492 g/mol. The third-order valence-electron chi connectivity index (χ3n) is 7.67. The highest BCUT2D eigenvalue weighted by Gasteiger charge is 2.35. The summed E-state index contributed by atoms with van der Waals surface area (Å²) < 4.78 is 3.28. The summed E-state index contributed by atoms with van der Waals surface area (Å²) in [6.07, 6.45) is 9.51. The number of aromatic carboxylic acids is 1. The third kappa shape index (κ3) is 5.57. The number of benzene rings is 1. The quantitative estimate of drug-likeness (QED) is 0.306. The van der Waals surface area contributed by atoms with E-state index >= 15 is 0 Å². The van der Waals surface area contributed by atoms with Gasteiger partial charge in [0.15, 0.2) is 11.5 Å². The molecule has 1 atom stereocenters. The molecule has 1 fully saturated rings. The van der Waals surface area contributed by atoms with Gasteiger partial charge in [0.1, 0.15) is 5.56 Å². The summed E-state index contributed by atoms with van der Waals surface area (Å²) in [5, 5.41) is 19.4. The van der Waals surface area contributed by atoms with Crippen LogP contribution in [0.15, 0.2) is 55.0 Å². The second-order valence-electron chi connectivity index (χ2n) is 11.3. The number of carbonyl (C=O) groups excluding carboxylic acids is 1. The van der Waals surface area contributed by atoms with Crippen LogP contribution in [0.3, 0.4) is 0 Å². The number of nitrogens with zero attached hydrogens (tertiary/aromatic N) is 6. The number of hydrogen-bond donors (Lipinski definition) is 1. The lowest BCUT2D eigenvalue weighted by Crippen LogP contribution is -2.44. The first kappa shape index (κ1) is 26.6. The Balaban J connectivity index is 1.49. The van der Waals surface area contributed by atoms with Crippen LogP contribution < -0.4 is 4.90 Å². The average molecular weight is 529 g/mol. The van der Waals surface area contributed by atoms with Crippen molar-refractivity contribution in [2.75, 3.05) is 4.90 Å². The van der Waals surface area contributed by atoms with Gasteiger partial charge in [-0.15, -0.1) is 5.10 Å². The van der Waals surface area contributed by atoms with Crippen molar-refractivity contribution in [3.05, 3.63) is 60.6 Å². The Bertz CT molecular complexity index is 1430. The van der Waals surface area contributed by atoms with E-state index in [1.54, 1.807) is 20.3 Å². The van der Waals surface area contributed by atoms with Crippen molar-refractivity contribution in [2.45, 2.75) is 65.8 Å². The first-order valence-electron chi connectivity index (χ1n) is 13.8. The zero-order chi connectivity index (χ0) is 27.7. The fourth-order valence-corrected chi connectivity index (χ4v) is 5.60. The summed E-state index contributed by atoms with van der Waals surface area (Å²) in [6.45, 7) is 8.44. The van der Waals surface area contributed by atoms with Gasteiger partial charge >= 0.3 is 5.97 Å². The molecule has 9 nitrogen and oxygen atoms in total. The molecule has 0 spiro atoms. The average Bonchev–Trinajstić information content (AvgIpc) is 3.54. The van der Waals surface area contributed by atoms with E-state index in [1.165, 1.54) is 6.20 Å². The standard InChI is InChI=1S/C30H36N6O3/c1-19(2)16-21(4)36(29(37)23-8-6-20(3)7-9-23)28-25(30(38)39)18-35(33-28)24-12-10-22(11-13-24)26-17-27-31-14-5-15-34(27)32-26/h5,10-15,17-21,23H,6-9,16H2,1-4H3,(H,38,39). The summed E-state index contributed by atoms with van der Waals surface area (Å²) in [5.41, 5.74) is 3.17. The maximum atomic E-state index is 13.9. The van der Waals surface area contributed by atoms with Crippen LogP contribution in [0.1, 0.15) is 70.2 Å². The lowest BCUT2D eigenvalue weighted by molar-refractivity contribution is -0.124. The van der Waals surface area contributed by atoms with Crippen LogP contribution in [-0.4, -0.2) is 47.4 Å². The van der Waals surface area contributed by atoms with E-state index in [0.29, 0.717) is 17.5 Å². The van der Waals surface area contributed by atoms with Crippen LogP contribution >= 0.6 is 0 Å². The molecule has 1 aliphatic carbocycles. The lowest BCUT2D eigenvalue weighted by Gasteiger charge is -2.34. The second-order valence-corrected chi connectivity index (χ2v) is 11.3. The van der Waals surface area contributed by atoms with E-state index in [1.807, 2.05) is 49.5 Å². The molecule has 39 heavy (non-hydrogen) atoms. The van der Waals surface area contributed by atoms with Gasteiger partial charge in [-0.1, -0.05) is 32.9 Å². The Hall–Kier alpha value is -4.01. The highest BCUT2D eigenvalue weighted by molar-refractivity contribution is 6.01. The second kappa shape index (κ2) is 11.0. The Labute approximate surface area is 228 Å². The number of rotatable bonds is 8. The van der Waals surface area contributed by atoms with Gasteiger partial charge in [0.05, 0.1) is 11.4 Å². The van der Waals surface area contributed by atoms with Crippen molar-refractivity contribution >= 4 is 23.3 Å². The summed E-state index contributed by atoms with van der Waals surface area (Å²) in [5.74, 6) is -0.0457. The zero-order valence-electron chi connectivity index (χ0n) is 23.0. The van der Waals surface area contributed by atoms with Gasteiger partial charge in [-0.05, 0) is 69.1 Å². The zero-order valence-corrected chi connectivity index (χ0v) is 23.0. The van der Waals surface area contributed by atoms with Crippen LogP contribution in [0.25, 0.3) is 22.6 Å². The maximum absolute atomic E-state index is 13.9. The SMILES string of the molecule is CC(C)CC(C)N(C(=O)C1CCC(C)CC1)c1nn(-c2ccc(-c3cc4ncccn4n3)cc2)cc1C(=O)O. The van der Waals surface area contributed by atoms with Gasteiger partial charge in [0, 0.05) is 42.2 Å². The molecule has 5 rings (SSSR count). The van der Waals surface area contributed by atoms with E-state index in [9.17, 15) is 14.7 Å². The number of carboxylic acid groups (broad SMARTS) is 1. The van der Waals surface area contributed by atoms with E-state index in [4.69, 9.17) is 5.10 Å². The minimum absolute atomic E-state index is 0.0152. The Kier molecular flexibility index (Phi) is 7.50. The smallest absolute Gasteiger partial charge is 0.341 e. The number of aromatic nitrogens is 5. The molecule has 1 saturated carbocycles. The van der Waals surface area contributed by atoms with Crippen molar-refractivity contribution in [2.24, 2.45) is 17.8 Å². The van der Waals surface area contributed by atoms with Crippen molar-refractivity contribution in [1.82, 2.24) is 24.4 Å². The normalized spacial score (nSPS) is 18.4. The Morgan fingerprint density at radius 2 is 1.79 bits per heavy atom. The van der Waals surface area contributed by atoms with Gasteiger partial charge in [-0.3, -0.25) is 9.69 Å². The van der Waals surface area contributed by atoms with E-state index < -0.39 is 5.97 Å². The molecule has 0 bridgehead atoms. The summed E-state index contributed by atoms with van der Waals surface area (Å²) in [6, 6.07) is 11.2. The minimum atomic E-state index is -1.10. The molecule has 0 radical (unpaired) electrons. The van der Waals surface area contributed by atoms with E-state index in [-0.39, 0.29) is 29.2 Å². The van der Waals surface area contributed by atoms with Gasteiger partial charge in [-0.25, -0.2) is 19.0 Å². The molecule has 4 aromatic rings. The minimum Gasteiger partial charge on any atom is -0.477 e. The predicted molar refractivity (Wildman–Crippen MR) is 150 cm³/mol. The molecule has 1 aliphatic rings. The highest BCUT2D eigenvalue weighted by Crippen LogP contribution is 2.34. The number of anilines is 1. The third-order valence-corrected chi connectivity index (χ3v) is 7.67. The number of hydrogen-bond acceptors (Lipinski definition) is 5. The molecule has 1 amide bonds. The van der Waals surface area contributed by atoms with Crippen LogP contribution in [0.5, 0.6) is 0 Å². The van der Waals surface area contributed by atoms with Crippen molar-refractivity contribution in [3.8, 4) is 16.9 Å². The summed E-state index contributed by atoms with van der Waals surface area (Å²) >= 11 is 0. The molecule has 3 aromatic heterocycles. The summed E-state index contributed by atoms with van der Waals surface area (Å²) in [7, 11) is 0. The van der Waals surface area contributed by atoms with Gasteiger partial charge < -0.3 is 5.11 Å². The fourth-order valence-electron chi connectivity index (χ4n) is 5.60. The Morgan fingerprint density at radius 1 is 1.08 bits per heavy atom. The number of fused-ring (bicyclic) bond motifs is 1. The predicted octanol–water partition coefficient (Wildman–Crippen LogP) is 5.87. The highest BCUT2D eigenvalue weighted by atomic mass is 16.4. The molecule has 1 unspecified atom stereocenters. The number of carboxylic acids is 1. The van der Waals surface area contributed by atoms with E-state index in [0.717, 1.165) is 49.0 Å². The van der Waals surface area contributed by atoms with Crippen LogP contribution in [0, 0.1) is 17.8 Å². The van der Waals surface area contributed by atoms with Crippen molar-refractivity contribution in [1.29, 1.82) is 0 Å². The van der Waals surface area contributed by atoms with Gasteiger partial charge in [0.25, 0.3) is 0 Å². The fraction of sp³-hybridized carbons (Fsp3) is 0.433. The first-order chi connectivity index (χ1) is 18.7. The van der Waals surface area contributed by atoms with E-state index in [2.05, 4.69) is 30.9 Å². The molecular formula is C30H36N6O3. The summed E-state index contributed by atoms with van der Waals surface area (Å²) in [4.78, 5) is 32.3. The topological polar surface area (TPSA) is 106 Å². The molecule has 1 N–H and O–H groups in total. The molecule has 3 heterocycles. The van der Waals surface area contributed by atoms with Crippen molar-refractivity contribution < 1.29 is 14.7 Å². The van der Waals surface area contributed by atoms with Gasteiger partial charge in [-0.2, -0.15) is 5.10 Å². The van der Waals surface area contributed by atoms with Crippen LogP contribution in [0.2, 0.25) is 0 Å². The number of amides is 1. The van der Waals surface area contributed by atoms with Gasteiger partial charge in [0.2, 0.25) is 5.91 Å². The maximum Gasteiger partial charge on any atom is 0.341 e. The molecule has 1 aromatic carbocycles. The molecule has 9 heteroatoms. The largest absolute Gasteiger partial charge is 0.477 e. The van der Waals surface area contributed by atoms with Crippen LogP contribution in [-0.2, 0) is 4.79 Å². The van der Waals surface area contributed by atoms with Crippen molar-refractivity contribution in [3.63, 3.8) is 0 Å². The molecule has 0 aliphatic heterocycles. The first-order valence-corrected chi connectivity index (χ1v) is 13.8.